The summed E-state index contributed by atoms with van der Waals surface area (Å²) >= 11 is 0. The third-order valence-corrected chi connectivity index (χ3v) is 9.26. The lowest BCUT2D eigenvalue weighted by molar-refractivity contribution is 0.0496. The van der Waals surface area contributed by atoms with Gasteiger partial charge in [0.1, 0.15) is 5.82 Å². The molecule has 5 rings (SSSR count). The molecule has 1 aliphatic carbocycles. The Morgan fingerprint density at radius 2 is 1.87 bits per heavy atom. The van der Waals surface area contributed by atoms with Crippen LogP contribution in [0.1, 0.15) is 78.2 Å². The molecule has 9 heteroatoms. The summed E-state index contributed by atoms with van der Waals surface area (Å²) in [5.74, 6) is -1.17. The van der Waals surface area contributed by atoms with Gasteiger partial charge in [-0.2, -0.15) is 0 Å². The Bertz CT molecular complexity index is 1410. The van der Waals surface area contributed by atoms with E-state index in [2.05, 4.69) is 4.98 Å². The van der Waals surface area contributed by atoms with Crippen LogP contribution < -0.4 is 0 Å². The van der Waals surface area contributed by atoms with Crippen molar-refractivity contribution in [3.63, 3.8) is 0 Å². The number of hydrogen-bond donors (Lipinski definition) is 0. The zero-order valence-corrected chi connectivity index (χ0v) is 23.2. The molecular formula is C30H36FN3O4S. The Labute approximate surface area is 229 Å². The van der Waals surface area contributed by atoms with E-state index in [1.165, 1.54) is 12.1 Å². The number of ether oxygens (including phenoxy) is 1. The summed E-state index contributed by atoms with van der Waals surface area (Å²) in [7, 11) is -3.76. The zero-order valence-electron chi connectivity index (χ0n) is 22.4. The standard InChI is InChI=1S/C30H36FN3O4S/c1-22-9-7-10-23(17-22)21-39(36,37)30-32-18-25(34(30)24-11-3-2-4-12-24)19-33(20-26-13-8-16-38-26)29(35)27-14-5-6-15-28(27)31/h5-7,9-10,14-15,17-18,24,26H,2-4,8,11-13,16,19-21H2,1H3/t26-/m1/s1. The van der Waals surface area contributed by atoms with Crippen molar-refractivity contribution in [2.75, 3.05) is 13.2 Å². The van der Waals surface area contributed by atoms with Gasteiger partial charge in [-0.1, -0.05) is 61.2 Å². The minimum absolute atomic E-state index is 0.00785. The van der Waals surface area contributed by atoms with Crippen LogP contribution in [0, 0.1) is 12.7 Å². The summed E-state index contributed by atoms with van der Waals surface area (Å²) in [6.45, 7) is 2.99. The fraction of sp³-hybridized carbons (Fsp3) is 0.467. The first-order valence-electron chi connectivity index (χ1n) is 13.8. The molecule has 1 saturated carbocycles. The van der Waals surface area contributed by atoms with Crippen LogP contribution in [0.15, 0.2) is 59.9 Å². The Balaban J connectivity index is 1.51. The molecule has 208 valence electrons. The molecule has 1 aromatic heterocycles. The second kappa shape index (κ2) is 12.0. The number of carbonyl (C=O) groups is 1. The maximum atomic E-state index is 14.6. The molecule has 1 aliphatic heterocycles. The van der Waals surface area contributed by atoms with Crippen molar-refractivity contribution < 1.29 is 22.3 Å². The first kappa shape index (κ1) is 27.5. The molecule has 0 bridgehead atoms. The van der Waals surface area contributed by atoms with Crippen molar-refractivity contribution in [3.05, 3.63) is 82.9 Å². The molecule has 1 amide bonds. The topological polar surface area (TPSA) is 81.5 Å². The molecule has 2 aliphatic rings. The quantitative estimate of drug-likeness (QED) is 0.343. The van der Waals surface area contributed by atoms with Gasteiger partial charge in [0.05, 0.1) is 35.9 Å². The fourth-order valence-electron chi connectivity index (χ4n) is 5.79. The minimum atomic E-state index is -3.76. The molecule has 0 radical (unpaired) electrons. The second-order valence-corrected chi connectivity index (χ2v) is 12.6. The van der Waals surface area contributed by atoms with Gasteiger partial charge in [-0.3, -0.25) is 4.79 Å². The van der Waals surface area contributed by atoms with Crippen molar-refractivity contribution in [1.82, 2.24) is 14.5 Å². The second-order valence-electron chi connectivity index (χ2n) is 10.7. The van der Waals surface area contributed by atoms with Crippen LogP contribution in [0.3, 0.4) is 0 Å². The van der Waals surface area contributed by atoms with E-state index in [0.717, 1.165) is 50.5 Å². The highest BCUT2D eigenvalue weighted by Crippen LogP contribution is 2.33. The molecule has 39 heavy (non-hydrogen) atoms. The summed E-state index contributed by atoms with van der Waals surface area (Å²) in [4.78, 5) is 19.6. The smallest absolute Gasteiger partial charge is 0.257 e. The molecule has 1 saturated heterocycles. The lowest BCUT2D eigenvalue weighted by Crippen LogP contribution is -2.38. The summed E-state index contributed by atoms with van der Waals surface area (Å²) in [5, 5.41) is 0.0429. The lowest BCUT2D eigenvalue weighted by Gasteiger charge is -2.30. The van der Waals surface area contributed by atoms with E-state index in [1.54, 1.807) is 23.2 Å². The number of rotatable bonds is 9. The average Bonchev–Trinajstić information content (AvgIpc) is 3.59. The molecular weight excluding hydrogens is 517 g/mol. The average molecular weight is 554 g/mol. The highest BCUT2D eigenvalue weighted by atomic mass is 32.2. The van der Waals surface area contributed by atoms with E-state index in [-0.39, 0.29) is 35.2 Å². The van der Waals surface area contributed by atoms with Gasteiger partial charge >= 0.3 is 0 Å². The number of benzene rings is 2. The van der Waals surface area contributed by atoms with E-state index >= 15 is 0 Å². The number of imidazole rings is 1. The fourth-order valence-corrected chi connectivity index (χ4v) is 7.32. The molecule has 1 atom stereocenters. The Morgan fingerprint density at radius 1 is 1.08 bits per heavy atom. The lowest BCUT2D eigenvalue weighted by atomic mass is 9.95. The van der Waals surface area contributed by atoms with Gasteiger partial charge in [0.2, 0.25) is 15.0 Å². The molecule has 2 fully saturated rings. The summed E-state index contributed by atoms with van der Waals surface area (Å²) in [6, 6.07) is 13.4. The van der Waals surface area contributed by atoms with E-state index in [4.69, 9.17) is 4.74 Å². The Kier molecular flexibility index (Phi) is 8.47. The van der Waals surface area contributed by atoms with Gasteiger partial charge in [0.25, 0.3) is 5.91 Å². The van der Waals surface area contributed by atoms with Crippen molar-refractivity contribution in [1.29, 1.82) is 0 Å². The number of hydrogen-bond acceptors (Lipinski definition) is 5. The number of carbonyl (C=O) groups excluding carboxylic acids is 1. The highest BCUT2D eigenvalue weighted by molar-refractivity contribution is 7.90. The first-order chi connectivity index (χ1) is 18.8. The summed E-state index contributed by atoms with van der Waals surface area (Å²) in [5.41, 5.74) is 2.35. The Hall–Kier alpha value is -3.04. The molecule has 2 heterocycles. The van der Waals surface area contributed by atoms with E-state index in [0.29, 0.717) is 24.4 Å². The maximum absolute atomic E-state index is 14.6. The summed E-state index contributed by atoms with van der Waals surface area (Å²) < 4.78 is 49.7. The molecule has 0 unspecified atom stereocenters. The molecule has 0 N–H and O–H groups in total. The third-order valence-electron chi connectivity index (χ3n) is 7.69. The zero-order chi connectivity index (χ0) is 27.4. The van der Waals surface area contributed by atoms with Crippen LogP contribution in [0.25, 0.3) is 0 Å². The number of aromatic nitrogens is 2. The van der Waals surface area contributed by atoms with Crippen LogP contribution in [0.2, 0.25) is 0 Å². The van der Waals surface area contributed by atoms with Crippen LogP contribution in [0.5, 0.6) is 0 Å². The molecule has 3 aromatic rings. The van der Waals surface area contributed by atoms with Gasteiger partial charge in [0.15, 0.2) is 0 Å². The normalized spacial score (nSPS) is 18.4. The van der Waals surface area contributed by atoms with E-state index in [9.17, 15) is 17.6 Å². The van der Waals surface area contributed by atoms with Crippen LogP contribution in [-0.2, 0) is 26.9 Å². The minimum Gasteiger partial charge on any atom is -0.376 e. The largest absolute Gasteiger partial charge is 0.376 e. The number of aryl methyl sites for hydroxylation is 1. The predicted molar refractivity (Wildman–Crippen MR) is 147 cm³/mol. The molecule has 2 aromatic carbocycles. The number of nitrogens with zero attached hydrogens (tertiary/aromatic N) is 3. The van der Waals surface area contributed by atoms with Gasteiger partial charge in [0, 0.05) is 19.2 Å². The van der Waals surface area contributed by atoms with Crippen LogP contribution in [0.4, 0.5) is 4.39 Å². The van der Waals surface area contributed by atoms with E-state index < -0.39 is 21.6 Å². The van der Waals surface area contributed by atoms with Crippen molar-refractivity contribution in [2.45, 2.75) is 81.5 Å². The number of amides is 1. The Morgan fingerprint density at radius 3 is 2.59 bits per heavy atom. The van der Waals surface area contributed by atoms with Crippen LogP contribution >= 0.6 is 0 Å². The van der Waals surface area contributed by atoms with Gasteiger partial charge < -0.3 is 14.2 Å². The van der Waals surface area contributed by atoms with Crippen LogP contribution in [-0.4, -0.2) is 48.0 Å². The van der Waals surface area contributed by atoms with Gasteiger partial charge in [-0.15, -0.1) is 0 Å². The van der Waals surface area contributed by atoms with Crippen molar-refractivity contribution in [2.24, 2.45) is 0 Å². The SMILES string of the molecule is Cc1cccc(CS(=O)(=O)c2ncc(CN(C[C@H]3CCCO3)C(=O)c3ccccc3F)n2C2CCCCC2)c1. The van der Waals surface area contributed by atoms with E-state index in [1.807, 2.05) is 35.8 Å². The first-order valence-corrected chi connectivity index (χ1v) is 15.5. The maximum Gasteiger partial charge on any atom is 0.257 e. The van der Waals surface area contributed by atoms with Gasteiger partial charge in [-0.05, 0) is 50.3 Å². The number of sulfone groups is 1. The van der Waals surface area contributed by atoms with Gasteiger partial charge in [-0.25, -0.2) is 17.8 Å². The van der Waals surface area contributed by atoms with Crippen molar-refractivity contribution in [3.8, 4) is 0 Å². The summed E-state index contributed by atoms with van der Waals surface area (Å²) in [6.07, 6.45) is 7.99. The third kappa shape index (κ3) is 6.41. The highest BCUT2D eigenvalue weighted by Gasteiger charge is 2.32. The molecule has 0 spiro atoms. The van der Waals surface area contributed by atoms with Crippen molar-refractivity contribution >= 4 is 15.7 Å². The monoisotopic (exact) mass is 553 g/mol. The number of halogens is 1. The molecule has 7 nitrogen and oxygen atoms in total. The predicted octanol–water partition coefficient (Wildman–Crippen LogP) is 5.63.